The fourth-order valence-electron chi connectivity index (χ4n) is 4.39. The first-order valence-corrected chi connectivity index (χ1v) is 11.7. The Morgan fingerprint density at radius 1 is 1.00 bits per heavy atom. The Balaban J connectivity index is 1.35. The minimum Gasteiger partial charge on any atom is -0.481 e. The molecular formula is C25H28N6O3. The summed E-state index contributed by atoms with van der Waals surface area (Å²) in [4.78, 5) is 22.6. The Kier molecular flexibility index (Phi) is 6.08. The third kappa shape index (κ3) is 4.30. The topological polar surface area (TPSA) is 109 Å². The SMILES string of the molecule is COc1ccc(-c2nccc3c(OC4CCC(c5nc(C(C)C)no5)CC4)ncnc23)c(C)n1. The number of pyridine rings is 2. The Morgan fingerprint density at radius 3 is 2.53 bits per heavy atom. The smallest absolute Gasteiger partial charge is 0.229 e. The summed E-state index contributed by atoms with van der Waals surface area (Å²) in [5.41, 5.74) is 3.21. The molecule has 0 aromatic carbocycles. The van der Waals surface area contributed by atoms with E-state index in [1.54, 1.807) is 13.3 Å². The number of rotatable bonds is 6. The molecular weight excluding hydrogens is 432 g/mol. The van der Waals surface area contributed by atoms with Crippen LogP contribution in [-0.2, 0) is 0 Å². The fourth-order valence-corrected chi connectivity index (χ4v) is 4.39. The van der Waals surface area contributed by atoms with Crippen LogP contribution < -0.4 is 9.47 Å². The zero-order valence-electron chi connectivity index (χ0n) is 19.9. The van der Waals surface area contributed by atoms with Gasteiger partial charge in [0.25, 0.3) is 0 Å². The number of aromatic nitrogens is 6. The van der Waals surface area contributed by atoms with Crippen molar-refractivity contribution in [3.63, 3.8) is 0 Å². The monoisotopic (exact) mass is 460 g/mol. The number of ether oxygens (including phenoxy) is 2. The van der Waals surface area contributed by atoms with Gasteiger partial charge in [-0.05, 0) is 44.7 Å². The maximum Gasteiger partial charge on any atom is 0.229 e. The lowest BCUT2D eigenvalue weighted by Crippen LogP contribution is -2.24. The van der Waals surface area contributed by atoms with E-state index in [0.29, 0.717) is 11.8 Å². The summed E-state index contributed by atoms with van der Waals surface area (Å²) in [5, 5.41) is 4.95. The predicted octanol–water partition coefficient (Wildman–Crippen LogP) is 5.02. The maximum atomic E-state index is 6.37. The number of hydrogen-bond acceptors (Lipinski definition) is 9. The lowest BCUT2D eigenvalue weighted by Gasteiger charge is -2.27. The van der Waals surface area contributed by atoms with Gasteiger partial charge in [0, 0.05) is 29.7 Å². The molecule has 1 saturated carbocycles. The van der Waals surface area contributed by atoms with E-state index < -0.39 is 0 Å². The van der Waals surface area contributed by atoms with E-state index in [-0.39, 0.29) is 17.9 Å². The summed E-state index contributed by atoms with van der Waals surface area (Å²) in [6, 6.07) is 5.68. The molecule has 176 valence electrons. The molecule has 9 heteroatoms. The Hall–Kier alpha value is -3.62. The van der Waals surface area contributed by atoms with Gasteiger partial charge >= 0.3 is 0 Å². The van der Waals surface area contributed by atoms with E-state index in [1.165, 1.54) is 6.33 Å². The minimum atomic E-state index is 0.0721. The average molecular weight is 461 g/mol. The molecule has 0 N–H and O–H groups in total. The first kappa shape index (κ1) is 22.2. The molecule has 0 bridgehead atoms. The third-order valence-electron chi connectivity index (χ3n) is 6.32. The van der Waals surface area contributed by atoms with Crippen LogP contribution in [0.3, 0.4) is 0 Å². The lowest BCUT2D eigenvalue weighted by atomic mass is 9.87. The van der Waals surface area contributed by atoms with Crippen molar-refractivity contribution in [2.75, 3.05) is 7.11 Å². The van der Waals surface area contributed by atoms with Crippen LogP contribution in [0.2, 0.25) is 0 Å². The van der Waals surface area contributed by atoms with Crippen LogP contribution in [-0.4, -0.2) is 43.3 Å². The summed E-state index contributed by atoms with van der Waals surface area (Å²) < 4.78 is 17.1. The quantitative estimate of drug-likeness (QED) is 0.392. The number of aryl methyl sites for hydroxylation is 1. The van der Waals surface area contributed by atoms with Gasteiger partial charge in [0.1, 0.15) is 17.9 Å². The van der Waals surface area contributed by atoms with Crippen molar-refractivity contribution < 1.29 is 14.0 Å². The molecule has 0 unspecified atom stereocenters. The van der Waals surface area contributed by atoms with E-state index in [9.17, 15) is 0 Å². The molecule has 0 spiro atoms. The van der Waals surface area contributed by atoms with Crippen molar-refractivity contribution in [2.45, 2.75) is 64.4 Å². The van der Waals surface area contributed by atoms with Crippen LogP contribution >= 0.6 is 0 Å². The third-order valence-corrected chi connectivity index (χ3v) is 6.32. The van der Waals surface area contributed by atoms with Crippen molar-refractivity contribution in [2.24, 2.45) is 0 Å². The molecule has 0 atom stereocenters. The van der Waals surface area contributed by atoms with Crippen molar-refractivity contribution >= 4 is 10.9 Å². The molecule has 4 heterocycles. The van der Waals surface area contributed by atoms with Crippen LogP contribution in [0, 0.1) is 6.92 Å². The first-order valence-electron chi connectivity index (χ1n) is 11.7. The number of nitrogens with zero attached hydrogens (tertiary/aromatic N) is 6. The van der Waals surface area contributed by atoms with Crippen LogP contribution in [0.15, 0.2) is 35.2 Å². The zero-order chi connectivity index (χ0) is 23.7. The van der Waals surface area contributed by atoms with Gasteiger partial charge in [-0.15, -0.1) is 0 Å². The van der Waals surface area contributed by atoms with Gasteiger partial charge in [0.05, 0.1) is 23.9 Å². The Bertz CT molecular complexity index is 1300. The predicted molar refractivity (Wildman–Crippen MR) is 126 cm³/mol. The number of fused-ring (bicyclic) bond motifs is 1. The molecule has 0 radical (unpaired) electrons. The van der Waals surface area contributed by atoms with Crippen molar-refractivity contribution in [1.82, 2.24) is 30.1 Å². The van der Waals surface area contributed by atoms with Crippen LogP contribution in [0.1, 0.15) is 68.8 Å². The number of methoxy groups -OCH3 is 1. The highest BCUT2D eigenvalue weighted by Crippen LogP contribution is 2.36. The lowest BCUT2D eigenvalue weighted by molar-refractivity contribution is 0.135. The second-order valence-electron chi connectivity index (χ2n) is 8.96. The molecule has 9 nitrogen and oxygen atoms in total. The number of hydrogen-bond donors (Lipinski definition) is 0. The van der Waals surface area contributed by atoms with Gasteiger partial charge in [-0.3, -0.25) is 4.98 Å². The summed E-state index contributed by atoms with van der Waals surface area (Å²) in [5.74, 6) is 3.21. The summed E-state index contributed by atoms with van der Waals surface area (Å²) in [7, 11) is 1.60. The van der Waals surface area contributed by atoms with Gasteiger partial charge < -0.3 is 14.0 Å². The Morgan fingerprint density at radius 2 is 1.82 bits per heavy atom. The van der Waals surface area contributed by atoms with E-state index in [4.69, 9.17) is 14.0 Å². The molecule has 0 aliphatic heterocycles. The van der Waals surface area contributed by atoms with E-state index in [2.05, 4.69) is 43.9 Å². The van der Waals surface area contributed by atoms with E-state index in [0.717, 1.165) is 65.3 Å². The molecule has 1 aliphatic carbocycles. The van der Waals surface area contributed by atoms with Crippen LogP contribution in [0.4, 0.5) is 0 Å². The fraction of sp³-hybridized carbons (Fsp3) is 0.440. The molecule has 0 amide bonds. The normalized spacial score (nSPS) is 18.4. The zero-order valence-corrected chi connectivity index (χ0v) is 19.9. The van der Waals surface area contributed by atoms with Gasteiger partial charge in [0.15, 0.2) is 5.82 Å². The van der Waals surface area contributed by atoms with E-state index in [1.807, 2.05) is 25.1 Å². The summed E-state index contributed by atoms with van der Waals surface area (Å²) in [6.45, 7) is 6.07. The minimum absolute atomic E-state index is 0.0721. The molecule has 1 aliphatic rings. The highest BCUT2D eigenvalue weighted by atomic mass is 16.5. The highest BCUT2D eigenvalue weighted by Gasteiger charge is 2.28. The largest absolute Gasteiger partial charge is 0.481 e. The Labute approximate surface area is 198 Å². The average Bonchev–Trinajstić information content (AvgIpc) is 3.35. The second-order valence-corrected chi connectivity index (χ2v) is 8.96. The molecule has 5 rings (SSSR count). The molecule has 0 saturated heterocycles. The van der Waals surface area contributed by atoms with Crippen molar-refractivity contribution in [3.8, 4) is 23.0 Å². The first-order chi connectivity index (χ1) is 16.5. The second kappa shape index (κ2) is 9.32. The molecule has 1 fully saturated rings. The summed E-state index contributed by atoms with van der Waals surface area (Å²) >= 11 is 0. The van der Waals surface area contributed by atoms with Crippen LogP contribution in [0.25, 0.3) is 22.2 Å². The van der Waals surface area contributed by atoms with Gasteiger partial charge in [-0.25, -0.2) is 15.0 Å². The maximum absolute atomic E-state index is 6.37. The molecule has 4 aromatic rings. The van der Waals surface area contributed by atoms with Crippen molar-refractivity contribution in [1.29, 1.82) is 0 Å². The molecule has 34 heavy (non-hydrogen) atoms. The van der Waals surface area contributed by atoms with E-state index >= 15 is 0 Å². The van der Waals surface area contributed by atoms with Gasteiger partial charge in [-0.2, -0.15) is 4.98 Å². The highest BCUT2D eigenvalue weighted by molar-refractivity contribution is 5.94. The summed E-state index contributed by atoms with van der Waals surface area (Å²) in [6.07, 6.45) is 7.05. The molecule has 4 aromatic heterocycles. The van der Waals surface area contributed by atoms with Gasteiger partial charge in [-0.1, -0.05) is 19.0 Å². The standard InChI is InChI=1S/C25H28N6O3/c1-14(2)23-30-24(34-31-23)16-5-7-17(8-6-16)33-25-19-11-12-26-21(22(19)27-13-28-25)18-9-10-20(32-4)29-15(18)3/h9-14,16-17H,5-8H2,1-4H3. The van der Waals surface area contributed by atoms with Crippen molar-refractivity contribution in [3.05, 3.63) is 48.1 Å². The van der Waals surface area contributed by atoms with Gasteiger partial charge in [0.2, 0.25) is 17.7 Å². The van der Waals surface area contributed by atoms with Crippen LogP contribution in [0.5, 0.6) is 11.8 Å².